The van der Waals surface area contributed by atoms with Crippen LogP contribution in [0.25, 0.3) is 0 Å². The summed E-state index contributed by atoms with van der Waals surface area (Å²) in [5.74, 6) is 0. The smallest absolute Gasteiger partial charge is 0.0602 e. The van der Waals surface area contributed by atoms with Gasteiger partial charge in [0.2, 0.25) is 0 Å². The zero-order valence-corrected chi connectivity index (χ0v) is 14.2. The number of nitrogens with zero attached hydrogens (tertiary/aromatic N) is 1. The summed E-state index contributed by atoms with van der Waals surface area (Å²) in [5.41, 5.74) is 1.18. The molecule has 0 bridgehead atoms. The van der Waals surface area contributed by atoms with Crippen molar-refractivity contribution in [2.75, 3.05) is 34.2 Å². The minimum absolute atomic E-state index is 0.0527. The SMILES string of the molecule is CN[C@@]1(c2ccccc2Cl)CCCC[C@H]1NCCN(C)C. The van der Waals surface area contributed by atoms with Crippen molar-refractivity contribution in [3.63, 3.8) is 0 Å². The molecule has 2 rings (SSSR count). The van der Waals surface area contributed by atoms with Crippen LogP contribution in [0.1, 0.15) is 31.2 Å². The van der Waals surface area contributed by atoms with Crippen molar-refractivity contribution in [2.24, 2.45) is 0 Å². The van der Waals surface area contributed by atoms with E-state index < -0.39 is 0 Å². The summed E-state index contributed by atoms with van der Waals surface area (Å²) < 4.78 is 0. The largest absolute Gasteiger partial charge is 0.311 e. The summed E-state index contributed by atoms with van der Waals surface area (Å²) in [6.07, 6.45) is 4.86. The fraction of sp³-hybridized carbons (Fsp3) is 0.647. The summed E-state index contributed by atoms with van der Waals surface area (Å²) in [7, 11) is 6.29. The average molecular weight is 310 g/mol. The maximum Gasteiger partial charge on any atom is 0.0602 e. The van der Waals surface area contributed by atoms with Crippen LogP contribution in [-0.4, -0.2) is 45.2 Å². The number of benzene rings is 1. The molecule has 1 saturated carbocycles. The first kappa shape index (κ1) is 16.8. The zero-order chi connectivity index (χ0) is 15.3. The Morgan fingerprint density at radius 2 is 2.05 bits per heavy atom. The Kier molecular flexibility index (Phi) is 6.06. The van der Waals surface area contributed by atoms with Gasteiger partial charge in [-0.05, 0) is 45.6 Å². The molecule has 2 atom stereocenters. The van der Waals surface area contributed by atoms with E-state index in [1.807, 2.05) is 12.1 Å². The van der Waals surface area contributed by atoms with Crippen molar-refractivity contribution >= 4 is 11.6 Å². The van der Waals surface area contributed by atoms with E-state index in [9.17, 15) is 0 Å². The first-order valence-corrected chi connectivity index (χ1v) is 8.30. The van der Waals surface area contributed by atoms with E-state index in [1.165, 1.54) is 24.8 Å². The molecule has 0 unspecified atom stereocenters. The molecule has 0 saturated heterocycles. The van der Waals surface area contributed by atoms with Crippen LogP contribution in [0, 0.1) is 0 Å². The quantitative estimate of drug-likeness (QED) is 0.846. The Hall–Kier alpha value is -0.610. The lowest BCUT2D eigenvalue weighted by Gasteiger charge is -2.45. The third-order valence-corrected chi connectivity index (χ3v) is 4.99. The minimum atomic E-state index is -0.0527. The van der Waals surface area contributed by atoms with Crippen LogP contribution in [0.2, 0.25) is 5.02 Å². The third kappa shape index (κ3) is 3.78. The van der Waals surface area contributed by atoms with Gasteiger partial charge in [0.05, 0.1) is 5.54 Å². The monoisotopic (exact) mass is 309 g/mol. The van der Waals surface area contributed by atoms with E-state index in [-0.39, 0.29) is 5.54 Å². The molecule has 0 aliphatic heterocycles. The van der Waals surface area contributed by atoms with Crippen LogP contribution in [0.3, 0.4) is 0 Å². The van der Waals surface area contributed by atoms with Gasteiger partial charge in [-0.15, -0.1) is 0 Å². The first-order valence-electron chi connectivity index (χ1n) is 7.92. The Bertz CT molecular complexity index is 449. The normalized spacial score (nSPS) is 26.2. The van der Waals surface area contributed by atoms with Gasteiger partial charge in [-0.25, -0.2) is 0 Å². The Morgan fingerprint density at radius 3 is 2.71 bits per heavy atom. The Labute approximate surface area is 134 Å². The van der Waals surface area contributed by atoms with Crippen LogP contribution in [0.4, 0.5) is 0 Å². The molecule has 1 aliphatic carbocycles. The molecule has 1 aliphatic rings. The van der Waals surface area contributed by atoms with E-state index in [4.69, 9.17) is 11.6 Å². The molecule has 0 amide bonds. The maximum atomic E-state index is 6.50. The van der Waals surface area contributed by atoms with E-state index in [0.29, 0.717) is 6.04 Å². The van der Waals surface area contributed by atoms with Gasteiger partial charge in [-0.1, -0.05) is 42.6 Å². The molecule has 1 aromatic carbocycles. The van der Waals surface area contributed by atoms with Crippen molar-refractivity contribution in [1.29, 1.82) is 0 Å². The lowest BCUT2D eigenvalue weighted by molar-refractivity contribution is 0.175. The number of halogens is 1. The molecule has 2 N–H and O–H groups in total. The van der Waals surface area contributed by atoms with Crippen molar-refractivity contribution in [3.8, 4) is 0 Å². The summed E-state index contributed by atoms with van der Waals surface area (Å²) in [6.45, 7) is 2.06. The number of rotatable bonds is 6. The predicted molar refractivity (Wildman–Crippen MR) is 91.0 cm³/mol. The van der Waals surface area contributed by atoms with E-state index in [2.05, 4.69) is 48.8 Å². The third-order valence-electron chi connectivity index (χ3n) is 4.66. The number of nitrogens with one attached hydrogen (secondary N) is 2. The first-order chi connectivity index (χ1) is 10.1. The van der Waals surface area contributed by atoms with Crippen LogP contribution in [0.15, 0.2) is 24.3 Å². The molecule has 0 spiro atoms. The summed E-state index contributed by atoms with van der Waals surface area (Å²) in [5, 5.41) is 8.23. The van der Waals surface area contributed by atoms with Gasteiger partial charge in [0, 0.05) is 24.2 Å². The van der Waals surface area contributed by atoms with Crippen molar-refractivity contribution in [3.05, 3.63) is 34.9 Å². The van der Waals surface area contributed by atoms with Gasteiger partial charge in [0.1, 0.15) is 0 Å². The van der Waals surface area contributed by atoms with E-state index in [0.717, 1.165) is 24.5 Å². The lowest BCUT2D eigenvalue weighted by Crippen LogP contribution is -2.58. The van der Waals surface area contributed by atoms with Crippen molar-refractivity contribution < 1.29 is 0 Å². The minimum Gasteiger partial charge on any atom is -0.311 e. The molecule has 21 heavy (non-hydrogen) atoms. The summed E-state index contributed by atoms with van der Waals surface area (Å²) in [6, 6.07) is 8.70. The van der Waals surface area contributed by atoms with Gasteiger partial charge in [-0.2, -0.15) is 0 Å². The predicted octanol–water partition coefficient (Wildman–Crippen LogP) is 2.85. The van der Waals surface area contributed by atoms with Crippen molar-refractivity contribution in [2.45, 2.75) is 37.3 Å². The number of likely N-dealkylation sites (N-methyl/N-ethyl adjacent to an activating group) is 2. The van der Waals surface area contributed by atoms with E-state index >= 15 is 0 Å². The fourth-order valence-corrected chi connectivity index (χ4v) is 3.80. The second-order valence-corrected chi connectivity index (χ2v) is 6.66. The summed E-state index contributed by atoms with van der Waals surface area (Å²) in [4.78, 5) is 2.21. The molecule has 4 heteroatoms. The Balaban J connectivity index is 2.22. The molecular formula is C17H28ClN3. The van der Waals surface area contributed by atoms with Crippen LogP contribution >= 0.6 is 11.6 Å². The second-order valence-electron chi connectivity index (χ2n) is 6.26. The second kappa shape index (κ2) is 7.59. The molecule has 0 radical (unpaired) electrons. The van der Waals surface area contributed by atoms with E-state index in [1.54, 1.807) is 0 Å². The van der Waals surface area contributed by atoms with Gasteiger partial charge in [0.15, 0.2) is 0 Å². The number of hydrogen-bond acceptors (Lipinski definition) is 3. The van der Waals surface area contributed by atoms with Gasteiger partial charge < -0.3 is 15.5 Å². The topological polar surface area (TPSA) is 27.3 Å². The Morgan fingerprint density at radius 1 is 1.29 bits per heavy atom. The van der Waals surface area contributed by atoms with Gasteiger partial charge in [0.25, 0.3) is 0 Å². The highest BCUT2D eigenvalue weighted by atomic mass is 35.5. The molecule has 0 heterocycles. The standard InChI is InChI=1S/C17H28ClN3/c1-19-17(14-8-4-5-9-15(14)18)11-7-6-10-16(17)20-12-13-21(2)3/h4-5,8-9,16,19-20H,6-7,10-13H2,1-3H3/t16-,17-/m1/s1. The highest BCUT2D eigenvalue weighted by Crippen LogP contribution is 2.40. The molecular weight excluding hydrogens is 282 g/mol. The molecule has 118 valence electrons. The highest BCUT2D eigenvalue weighted by Gasteiger charge is 2.41. The van der Waals surface area contributed by atoms with Crippen molar-refractivity contribution in [1.82, 2.24) is 15.5 Å². The van der Waals surface area contributed by atoms with Gasteiger partial charge in [-0.3, -0.25) is 0 Å². The van der Waals surface area contributed by atoms with Crippen LogP contribution in [-0.2, 0) is 5.54 Å². The maximum absolute atomic E-state index is 6.50. The molecule has 1 fully saturated rings. The molecule has 0 aromatic heterocycles. The van der Waals surface area contributed by atoms with Crippen LogP contribution in [0.5, 0.6) is 0 Å². The molecule has 1 aromatic rings. The zero-order valence-electron chi connectivity index (χ0n) is 13.5. The average Bonchev–Trinajstić information content (AvgIpc) is 2.48. The van der Waals surface area contributed by atoms with Gasteiger partial charge >= 0.3 is 0 Å². The molecule has 3 nitrogen and oxygen atoms in total. The fourth-order valence-electron chi connectivity index (χ4n) is 3.49. The highest BCUT2D eigenvalue weighted by molar-refractivity contribution is 6.31. The lowest BCUT2D eigenvalue weighted by atomic mass is 9.72. The number of hydrogen-bond donors (Lipinski definition) is 2. The van der Waals surface area contributed by atoms with Crippen LogP contribution < -0.4 is 10.6 Å². The summed E-state index contributed by atoms with van der Waals surface area (Å²) >= 11 is 6.50.